The Morgan fingerprint density at radius 3 is 3.15 bits per heavy atom. The van der Waals surface area contributed by atoms with Gasteiger partial charge in [0.2, 0.25) is 0 Å². The molecule has 2 rings (SSSR count). The number of hydrogen-bond donors (Lipinski definition) is 0. The van der Waals surface area contributed by atoms with E-state index in [1.165, 1.54) is 11.1 Å². The molecular formula is C12H16O. The van der Waals surface area contributed by atoms with E-state index in [0.717, 1.165) is 13.2 Å². The molecule has 0 aromatic rings. The lowest BCUT2D eigenvalue weighted by Crippen LogP contribution is -2.06. The molecule has 2 aliphatic rings. The van der Waals surface area contributed by atoms with Gasteiger partial charge < -0.3 is 4.74 Å². The first-order valence-electron chi connectivity index (χ1n) is 4.90. The fourth-order valence-electron chi connectivity index (χ4n) is 2.03. The summed E-state index contributed by atoms with van der Waals surface area (Å²) in [5, 5.41) is 0. The van der Waals surface area contributed by atoms with Crippen molar-refractivity contribution in [3.63, 3.8) is 0 Å². The molecule has 0 aromatic carbocycles. The van der Waals surface area contributed by atoms with Gasteiger partial charge in [0.25, 0.3) is 0 Å². The van der Waals surface area contributed by atoms with Crippen LogP contribution in [0.3, 0.4) is 0 Å². The van der Waals surface area contributed by atoms with E-state index in [4.69, 9.17) is 4.74 Å². The molecule has 70 valence electrons. The van der Waals surface area contributed by atoms with E-state index in [0.29, 0.717) is 11.8 Å². The van der Waals surface area contributed by atoms with Gasteiger partial charge in [-0.05, 0) is 18.4 Å². The van der Waals surface area contributed by atoms with Gasteiger partial charge in [0.1, 0.15) is 0 Å². The predicted octanol–water partition coefficient (Wildman–Crippen LogP) is 2.71. The average molecular weight is 176 g/mol. The van der Waals surface area contributed by atoms with E-state index in [1.54, 1.807) is 0 Å². The Hall–Kier alpha value is -0.820. The van der Waals surface area contributed by atoms with Crippen molar-refractivity contribution in [3.05, 3.63) is 35.5 Å². The molecular weight excluding hydrogens is 160 g/mol. The third-order valence-electron chi connectivity index (χ3n) is 2.80. The van der Waals surface area contributed by atoms with Crippen molar-refractivity contribution in [1.82, 2.24) is 0 Å². The van der Waals surface area contributed by atoms with Crippen molar-refractivity contribution in [3.8, 4) is 0 Å². The molecule has 0 aromatic heterocycles. The molecule has 1 heterocycles. The lowest BCUT2D eigenvalue weighted by molar-refractivity contribution is 0.193. The molecule has 1 saturated heterocycles. The second-order valence-electron chi connectivity index (χ2n) is 3.96. The highest BCUT2D eigenvalue weighted by Crippen LogP contribution is 2.29. The Bertz CT molecular complexity index is 283. The largest absolute Gasteiger partial charge is 0.376 e. The fourth-order valence-corrected chi connectivity index (χ4v) is 2.03. The summed E-state index contributed by atoms with van der Waals surface area (Å²) >= 11 is 0. The van der Waals surface area contributed by atoms with Gasteiger partial charge in [0.15, 0.2) is 0 Å². The molecule has 0 radical (unpaired) electrons. The van der Waals surface area contributed by atoms with Crippen molar-refractivity contribution < 1.29 is 4.74 Å². The third kappa shape index (κ3) is 1.75. The summed E-state index contributed by atoms with van der Waals surface area (Å²) in [6.45, 7) is 6.11. The van der Waals surface area contributed by atoms with Crippen LogP contribution in [0.15, 0.2) is 35.5 Å². The van der Waals surface area contributed by atoms with E-state index in [2.05, 4.69) is 38.2 Å². The molecule has 0 N–H and O–H groups in total. The molecule has 0 bridgehead atoms. The standard InChI is InChI=1S/C12H16O/c1-9-4-3-5-11-7-13-8-12(11)10(2)6-9/h3-6,9,12H,7-8H2,1-2H3/b4-3-,10-6-,11-5-/t9-,12-/m0/s1. The van der Waals surface area contributed by atoms with Crippen LogP contribution in [0.1, 0.15) is 13.8 Å². The monoisotopic (exact) mass is 176 g/mol. The van der Waals surface area contributed by atoms with Gasteiger partial charge in [0, 0.05) is 5.92 Å². The molecule has 1 aliphatic carbocycles. The lowest BCUT2D eigenvalue weighted by atomic mass is 9.90. The zero-order valence-corrected chi connectivity index (χ0v) is 8.29. The van der Waals surface area contributed by atoms with E-state index < -0.39 is 0 Å². The van der Waals surface area contributed by atoms with E-state index in [1.807, 2.05) is 0 Å². The molecule has 0 amide bonds. The van der Waals surface area contributed by atoms with Crippen molar-refractivity contribution >= 4 is 0 Å². The summed E-state index contributed by atoms with van der Waals surface area (Å²) in [5.41, 5.74) is 2.89. The van der Waals surface area contributed by atoms with Gasteiger partial charge in [-0.15, -0.1) is 0 Å². The van der Waals surface area contributed by atoms with Gasteiger partial charge >= 0.3 is 0 Å². The quantitative estimate of drug-likeness (QED) is 0.516. The number of hydrogen-bond acceptors (Lipinski definition) is 1. The van der Waals surface area contributed by atoms with E-state index in [-0.39, 0.29) is 0 Å². The first-order chi connectivity index (χ1) is 6.27. The summed E-state index contributed by atoms with van der Waals surface area (Å²) in [4.78, 5) is 0. The topological polar surface area (TPSA) is 9.23 Å². The van der Waals surface area contributed by atoms with Crippen LogP contribution < -0.4 is 0 Å². The van der Waals surface area contributed by atoms with Gasteiger partial charge in [0.05, 0.1) is 13.2 Å². The zero-order valence-electron chi connectivity index (χ0n) is 8.29. The molecule has 2 atom stereocenters. The Labute approximate surface area is 79.8 Å². The minimum atomic E-state index is 0.549. The highest BCUT2D eigenvalue weighted by molar-refractivity contribution is 5.30. The molecule has 1 nitrogen and oxygen atoms in total. The Morgan fingerprint density at radius 1 is 1.46 bits per heavy atom. The minimum absolute atomic E-state index is 0.549. The van der Waals surface area contributed by atoms with Crippen molar-refractivity contribution in [2.45, 2.75) is 13.8 Å². The smallest absolute Gasteiger partial charge is 0.0687 e. The van der Waals surface area contributed by atoms with Crippen LogP contribution in [0.25, 0.3) is 0 Å². The van der Waals surface area contributed by atoms with Crippen LogP contribution in [-0.4, -0.2) is 13.2 Å². The van der Waals surface area contributed by atoms with Crippen LogP contribution in [0.5, 0.6) is 0 Å². The summed E-state index contributed by atoms with van der Waals surface area (Å²) in [6, 6.07) is 0. The maximum Gasteiger partial charge on any atom is 0.0687 e. The maximum atomic E-state index is 5.47. The molecule has 13 heavy (non-hydrogen) atoms. The highest BCUT2D eigenvalue weighted by Gasteiger charge is 2.23. The van der Waals surface area contributed by atoms with Gasteiger partial charge in [-0.1, -0.05) is 36.8 Å². The van der Waals surface area contributed by atoms with Gasteiger partial charge in [-0.3, -0.25) is 0 Å². The maximum absolute atomic E-state index is 5.47. The normalized spacial score (nSPS) is 43.5. The number of ether oxygens (including phenoxy) is 1. The molecule has 0 spiro atoms. The summed E-state index contributed by atoms with van der Waals surface area (Å²) in [7, 11) is 0. The highest BCUT2D eigenvalue weighted by atomic mass is 16.5. The van der Waals surface area contributed by atoms with E-state index in [9.17, 15) is 0 Å². The van der Waals surface area contributed by atoms with E-state index >= 15 is 0 Å². The number of fused-ring (bicyclic) bond motifs is 1. The second kappa shape index (κ2) is 3.51. The Kier molecular flexibility index (Phi) is 2.36. The van der Waals surface area contributed by atoms with Crippen molar-refractivity contribution in [2.24, 2.45) is 11.8 Å². The average Bonchev–Trinajstić information content (AvgIpc) is 2.49. The zero-order chi connectivity index (χ0) is 9.26. The predicted molar refractivity (Wildman–Crippen MR) is 54.5 cm³/mol. The van der Waals surface area contributed by atoms with Crippen LogP contribution in [-0.2, 0) is 4.74 Å². The number of allylic oxidation sites excluding steroid dienone is 4. The number of rotatable bonds is 0. The first-order valence-corrected chi connectivity index (χ1v) is 4.90. The van der Waals surface area contributed by atoms with Crippen LogP contribution in [0, 0.1) is 11.8 Å². The first kappa shape index (κ1) is 8.76. The molecule has 1 heteroatoms. The Morgan fingerprint density at radius 2 is 2.31 bits per heavy atom. The van der Waals surface area contributed by atoms with Crippen molar-refractivity contribution in [2.75, 3.05) is 13.2 Å². The molecule has 1 aliphatic heterocycles. The van der Waals surface area contributed by atoms with Crippen LogP contribution in [0.4, 0.5) is 0 Å². The lowest BCUT2D eigenvalue weighted by Gasteiger charge is -2.14. The summed E-state index contributed by atoms with van der Waals surface area (Å²) < 4.78 is 5.47. The summed E-state index contributed by atoms with van der Waals surface area (Å²) in [5.74, 6) is 1.10. The fraction of sp³-hybridized carbons (Fsp3) is 0.500. The molecule has 0 saturated carbocycles. The van der Waals surface area contributed by atoms with Gasteiger partial charge in [-0.25, -0.2) is 0 Å². The third-order valence-corrected chi connectivity index (χ3v) is 2.80. The summed E-state index contributed by atoms with van der Waals surface area (Å²) in [6.07, 6.45) is 8.93. The van der Waals surface area contributed by atoms with Crippen molar-refractivity contribution in [1.29, 1.82) is 0 Å². The second-order valence-corrected chi connectivity index (χ2v) is 3.96. The SMILES string of the molecule is C/C1=C/[C@@H](C)/C=C\C=C2\COC[C@@H]12. The van der Waals surface area contributed by atoms with Crippen LogP contribution >= 0.6 is 0 Å². The Balaban J connectivity index is 2.33. The van der Waals surface area contributed by atoms with Gasteiger partial charge in [-0.2, -0.15) is 0 Å². The minimum Gasteiger partial charge on any atom is -0.376 e. The molecule has 0 unspecified atom stereocenters. The van der Waals surface area contributed by atoms with Crippen LogP contribution in [0.2, 0.25) is 0 Å². The molecule has 1 fully saturated rings.